The third-order valence-electron chi connectivity index (χ3n) is 3.60. The first-order valence-corrected chi connectivity index (χ1v) is 7.11. The molecule has 1 unspecified atom stereocenters. The topological polar surface area (TPSA) is 87.1 Å². The van der Waals surface area contributed by atoms with Crippen LogP contribution >= 0.6 is 0 Å². The van der Waals surface area contributed by atoms with Crippen LogP contribution in [-0.2, 0) is 16.0 Å². The fourth-order valence-electron chi connectivity index (χ4n) is 2.57. The smallest absolute Gasteiger partial charge is 0.323 e. The van der Waals surface area contributed by atoms with Crippen LogP contribution < -0.4 is 9.64 Å². The third kappa shape index (κ3) is 3.11. The van der Waals surface area contributed by atoms with E-state index in [2.05, 4.69) is 0 Å². The number of nitrogens with zero attached hydrogens (tertiary/aromatic N) is 1. The van der Waals surface area contributed by atoms with Gasteiger partial charge in [0.2, 0.25) is 0 Å². The quantitative estimate of drug-likeness (QED) is 0.899. The molecule has 1 heterocycles. The van der Waals surface area contributed by atoms with Crippen molar-refractivity contribution in [1.82, 2.24) is 0 Å². The summed E-state index contributed by atoms with van der Waals surface area (Å²) in [7, 11) is 0. The van der Waals surface area contributed by atoms with Gasteiger partial charge in [-0.2, -0.15) is 0 Å². The molecule has 2 aromatic carbocycles. The Balaban J connectivity index is 1.94. The predicted octanol–water partition coefficient (Wildman–Crippen LogP) is 1.81. The van der Waals surface area contributed by atoms with Crippen LogP contribution in [0.3, 0.4) is 0 Å². The second kappa shape index (κ2) is 6.00. The summed E-state index contributed by atoms with van der Waals surface area (Å²) in [6.45, 7) is -0.453. The molecule has 1 aliphatic heterocycles. The molecule has 0 fully saturated rings. The van der Waals surface area contributed by atoms with Gasteiger partial charge in [0.05, 0.1) is 5.69 Å². The summed E-state index contributed by atoms with van der Waals surface area (Å²) in [5.41, 5.74) is 1.25. The third-order valence-corrected chi connectivity index (χ3v) is 3.60. The summed E-state index contributed by atoms with van der Waals surface area (Å²) in [6, 6.07) is 13.6. The first-order chi connectivity index (χ1) is 11.0. The van der Waals surface area contributed by atoms with Crippen molar-refractivity contribution in [2.75, 3.05) is 11.4 Å². The van der Waals surface area contributed by atoms with Crippen molar-refractivity contribution in [3.8, 4) is 11.5 Å². The van der Waals surface area contributed by atoms with Crippen molar-refractivity contribution in [3.05, 3.63) is 54.1 Å². The van der Waals surface area contributed by atoms with E-state index < -0.39 is 24.5 Å². The Morgan fingerprint density at radius 2 is 1.91 bits per heavy atom. The molecule has 6 heteroatoms. The maximum atomic E-state index is 12.6. The number of carboxylic acids is 1. The zero-order valence-electron chi connectivity index (χ0n) is 12.2. The van der Waals surface area contributed by atoms with Crippen LogP contribution in [0.5, 0.6) is 11.5 Å². The maximum absolute atomic E-state index is 12.6. The molecule has 0 aromatic heterocycles. The number of hydrogen-bond acceptors (Lipinski definition) is 4. The van der Waals surface area contributed by atoms with Crippen LogP contribution in [0.25, 0.3) is 0 Å². The van der Waals surface area contributed by atoms with Gasteiger partial charge in [-0.25, -0.2) is 0 Å². The highest BCUT2D eigenvalue weighted by molar-refractivity contribution is 6.03. The molecule has 0 bridgehead atoms. The lowest BCUT2D eigenvalue weighted by Crippen LogP contribution is -2.48. The summed E-state index contributed by atoms with van der Waals surface area (Å²) < 4.78 is 5.70. The zero-order valence-corrected chi connectivity index (χ0v) is 12.2. The highest BCUT2D eigenvalue weighted by Gasteiger charge is 2.35. The van der Waals surface area contributed by atoms with Crippen LogP contribution in [0.4, 0.5) is 5.69 Å². The van der Waals surface area contributed by atoms with E-state index >= 15 is 0 Å². The van der Waals surface area contributed by atoms with Crippen LogP contribution in [-0.4, -0.2) is 34.7 Å². The number of amides is 1. The number of carbonyl (C=O) groups excluding carboxylic acids is 1. The molecule has 2 aromatic rings. The Bertz CT molecular complexity index is 744. The highest BCUT2D eigenvalue weighted by Crippen LogP contribution is 2.37. The molecule has 0 aliphatic carbocycles. The molecule has 118 valence electrons. The van der Waals surface area contributed by atoms with E-state index in [1.165, 1.54) is 23.1 Å². The summed E-state index contributed by atoms with van der Waals surface area (Å²) in [4.78, 5) is 24.8. The van der Waals surface area contributed by atoms with Crippen molar-refractivity contribution >= 4 is 17.6 Å². The van der Waals surface area contributed by atoms with Gasteiger partial charge in [0.1, 0.15) is 18.0 Å². The van der Waals surface area contributed by atoms with Crippen molar-refractivity contribution in [1.29, 1.82) is 0 Å². The van der Waals surface area contributed by atoms with E-state index in [1.54, 1.807) is 0 Å². The molecular weight excluding hydrogens is 298 g/mol. The normalized spacial score (nSPS) is 16.6. The monoisotopic (exact) mass is 313 g/mol. The minimum Gasteiger partial charge on any atom is -0.508 e. The molecule has 1 atom stereocenters. The summed E-state index contributed by atoms with van der Waals surface area (Å²) in [5.74, 6) is -1.23. The van der Waals surface area contributed by atoms with Gasteiger partial charge in [0.15, 0.2) is 6.10 Å². The first-order valence-electron chi connectivity index (χ1n) is 7.11. The number of carbonyl (C=O) groups is 2. The number of hydrogen-bond donors (Lipinski definition) is 2. The van der Waals surface area contributed by atoms with Crippen molar-refractivity contribution < 1.29 is 24.5 Å². The van der Waals surface area contributed by atoms with Crippen molar-refractivity contribution in [2.45, 2.75) is 12.5 Å². The van der Waals surface area contributed by atoms with Gasteiger partial charge in [-0.1, -0.05) is 30.3 Å². The van der Waals surface area contributed by atoms with E-state index in [1.807, 2.05) is 30.3 Å². The Kier molecular flexibility index (Phi) is 3.89. The van der Waals surface area contributed by atoms with Crippen LogP contribution in [0.2, 0.25) is 0 Å². The second-order valence-corrected chi connectivity index (χ2v) is 5.27. The Morgan fingerprint density at radius 1 is 1.17 bits per heavy atom. The van der Waals surface area contributed by atoms with E-state index in [0.29, 0.717) is 17.9 Å². The van der Waals surface area contributed by atoms with Gasteiger partial charge < -0.3 is 14.9 Å². The van der Waals surface area contributed by atoms with E-state index in [0.717, 1.165) is 5.56 Å². The average Bonchev–Trinajstić information content (AvgIpc) is 2.52. The summed E-state index contributed by atoms with van der Waals surface area (Å²) >= 11 is 0. The van der Waals surface area contributed by atoms with Gasteiger partial charge >= 0.3 is 5.97 Å². The number of rotatable bonds is 4. The molecular formula is C17H15NO5. The van der Waals surface area contributed by atoms with E-state index in [-0.39, 0.29) is 5.75 Å². The molecule has 6 nitrogen and oxygen atoms in total. The van der Waals surface area contributed by atoms with Crippen LogP contribution in [0.1, 0.15) is 5.56 Å². The Hall–Kier alpha value is -3.02. The van der Waals surface area contributed by atoms with Gasteiger partial charge in [0, 0.05) is 12.5 Å². The Morgan fingerprint density at radius 3 is 2.61 bits per heavy atom. The fourth-order valence-corrected chi connectivity index (χ4v) is 2.57. The second-order valence-electron chi connectivity index (χ2n) is 5.27. The largest absolute Gasteiger partial charge is 0.508 e. The lowest BCUT2D eigenvalue weighted by molar-refractivity contribution is -0.137. The molecule has 1 aliphatic rings. The van der Waals surface area contributed by atoms with Crippen molar-refractivity contribution in [3.63, 3.8) is 0 Å². The van der Waals surface area contributed by atoms with Crippen LogP contribution in [0, 0.1) is 0 Å². The lowest BCUT2D eigenvalue weighted by Gasteiger charge is -2.33. The highest BCUT2D eigenvalue weighted by atomic mass is 16.5. The SMILES string of the molecule is O=C(O)CN1C(=O)C(Cc2ccccc2)Oc2cc(O)ccc21. The lowest BCUT2D eigenvalue weighted by atomic mass is 10.0. The van der Waals surface area contributed by atoms with Crippen LogP contribution in [0.15, 0.2) is 48.5 Å². The first kappa shape index (κ1) is 14.9. The van der Waals surface area contributed by atoms with Crippen molar-refractivity contribution in [2.24, 2.45) is 0 Å². The minimum absolute atomic E-state index is 0.00756. The maximum Gasteiger partial charge on any atom is 0.323 e. The predicted molar refractivity (Wildman–Crippen MR) is 82.7 cm³/mol. The number of benzene rings is 2. The van der Waals surface area contributed by atoms with Gasteiger partial charge in [-0.05, 0) is 17.7 Å². The average molecular weight is 313 g/mol. The van der Waals surface area contributed by atoms with Gasteiger partial charge in [0.25, 0.3) is 5.91 Å². The standard InChI is InChI=1S/C17H15NO5/c19-12-6-7-13-14(9-12)23-15(8-11-4-2-1-3-5-11)17(22)18(13)10-16(20)21/h1-7,9,15,19H,8,10H2,(H,20,21). The number of phenols is 1. The van der Waals surface area contributed by atoms with Gasteiger partial charge in [-0.15, -0.1) is 0 Å². The Labute approximate surface area is 132 Å². The molecule has 0 radical (unpaired) electrons. The molecule has 23 heavy (non-hydrogen) atoms. The molecule has 1 amide bonds. The summed E-state index contributed by atoms with van der Waals surface area (Å²) in [6.07, 6.45) is -0.503. The number of anilines is 1. The number of phenolic OH excluding ortho intramolecular Hbond substituents is 1. The number of carboxylic acid groups (broad SMARTS) is 1. The summed E-state index contributed by atoms with van der Waals surface area (Å²) in [5, 5.41) is 18.7. The minimum atomic E-state index is -1.11. The number of aliphatic carboxylic acids is 1. The fraction of sp³-hybridized carbons (Fsp3) is 0.176. The zero-order chi connectivity index (χ0) is 16.4. The van der Waals surface area contributed by atoms with E-state index in [4.69, 9.17) is 9.84 Å². The number of fused-ring (bicyclic) bond motifs is 1. The molecule has 0 saturated heterocycles. The molecule has 0 saturated carbocycles. The van der Waals surface area contributed by atoms with Gasteiger partial charge in [-0.3, -0.25) is 14.5 Å². The molecule has 3 rings (SSSR count). The van der Waals surface area contributed by atoms with E-state index in [9.17, 15) is 14.7 Å². The molecule has 2 N–H and O–H groups in total. The number of ether oxygens (including phenoxy) is 1. The molecule has 0 spiro atoms. The number of aromatic hydroxyl groups is 1.